The van der Waals surface area contributed by atoms with Gasteiger partial charge in [0.2, 0.25) is 5.43 Å². The first-order chi connectivity index (χ1) is 11.0. The fourth-order valence-corrected chi connectivity index (χ4v) is 2.70. The zero-order chi connectivity index (χ0) is 16.6. The predicted molar refractivity (Wildman–Crippen MR) is 88.4 cm³/mol. The molecule has 3 rings (SSSR count). The second kappa shape index (κ2) is 5.72. The first kappa shape index (κ1) is 15.0. The molecule has 2 N–H and O–H groups in total. The molecule has 0 spiro atoms. The van der Waals surface area contributed by atoms with Crippen molar-refractivity contribution in [1.29, 1.82) is 0 Å². The Morgan fingerprint density at radius 2 is 2.13 bits per heavy atom. The molecule has 2 aromatic heterocycles. The Hall–Kier alpha value is -2.89. The van der Waals surface area contributed by atoms with Gasteiger partial charge in [-0.05, 0) is 37.1 Å². The average Bonchev–Trinajstić information content (AvgIpc) is 2.91. The summed E-state index contributed by atoms with van der Waals surface area (Å²) in [6.07, 6.45) is 3.14. The molecule has 0 atom stereocenters. The normalized spacial score (nSPS) is 10.9. The number of aryl methyl sites for hydroxylation is 3. The third-order valence-electron chi connectivity index (χ3n) is 3.93. The number of aromatic amines is 1. The fraction of sp³-hybridized carbons (Fsp3) is 0.235. The van der Waals surface area contributed by atoms with Gasteiger partial charge in [0.05, 0.1) is 17.8 Å². The molecule has 0 radical (unpaired) electrons. The molecule has 1 aromatic carbocycles. The molecule has 0 saturated carbocycles. The number of carbonyl (C=O) groups excluding carboxylic acids is 1. The molecular formula is C17H18N4O2. The van der Waals surface area contributed by atoms with Gasteiger partial charge in [0.15, 0.2) is 0 Å². The minimum Gasteiger partial charge on any atom is -0.360 e. The van der Waals surface area contributed by atoms with E-state index >= 15 is 0 Å². The van der Waals surface area contributed by atoms with Crippen molar-refractivity contribution in [2.75, 3.05) is 0 Å². The Kier molecular flexibility index (Phi) is 3.73. The van der Waals surface area contributed by atoms with Gasteiger partial charge < -0.3 is 10.3 Å². The van der Waals surface area contributed by atoms with E-state index in [2.05, 4.69) is 15.4 Å². The van der Waals surface area contributed by atoms with Gasteiger partial charge in [-0.1, -0.05) is 6.07 Å². The van der Waals surface area contributed by atoms with Crippen molar-refractivity contribution < 1.29 is 4.79 Å². The largest absolute Gasteiger partial charge is 0.360 e. The average molecular weight is 310 g/mol. The number of fused-ring (bicyclic) bond motifs is 1. The fourth-order valence-electron chi connectivity index (χ4n) is 2.70. The standard InChI is InChI=1S/C17H18N4O2/c1-10-6-11(2)15-13(7-10)16(22)14(9-18-15)17(23)19-8-12-4-5-20-21(12)3/h4-7,9H,8H2,1-3H3,(H,18,22)(H,19,23). The van der Waals surface area contributed by atoms with E-state index in [1.165, 1.54) is 6.20 Å². The summed E-state index contributed by atoms with van der Waals surface area (Å²) < 4.78 is 1.68. The number of aromatic nitrogens is 3. The number of nitrogens with zero attached hydrogens (tertiary/aromatic N) is 2. The summed E-state index contributed by atoms with van der Waals surface area (Å²) in [5, 5.41) is 7.34. The number of H-pyrrole nitrogens is 1. The number of amides is 1. The van der Waals surface area contributed by atoms with E-state index in [1.807, 2.05) is 26.0 Å². The number of hydrogen-bond donors (Lipinski definition) is 2. The van der Waals surface area contributed by atoms with Gasteiger partial charge in [0.25, 0.3) is 5.91 Å². The van der Waals surface area contributed by atoms with Gasteiger partial charge >= 0.3 is 0 Å². The molecule has 0 unspecified atom stereocenters. The molecule has 6 heteroatoms. The lowest BCUT2D eigenvalue weighted by atomic mass is 10.0. The Bertz CT molecular complexity index is 953. The molecule has 3 aromatic rings. The summed E-state index contributed by atoms with van der Waals surface area (Å²) in [6, 6.07) is 5.62. The zero-order valence-corrected chi connectivity index (χ0v) is 13.3. The van der Waals surface area contributed by atoms with E-state index in [4.69, 9.17) is 0 Å². The Morgan fingerprint density at radius 3 is 2.83 bits per heavy atom. The van der Waals surface area contributed by atoms with E-state index in [1.54, 1.807) is 24.0 Å². The predicted octanol–water partition coefficient (Wildman–Crippen LogP) is 1.81. The van der Waals surface area contributed by atoms with E-state index in [0.29, 0.717) is 11.9 Å². The minimum absolute atomic E-state index is 0.115. The molecule has 2 heterocycles. The van der Waals surface area contributed by atoms with Crippen LogP contribution in [0.2, 0.25) is 0 Å². The summed E-state index contributed by atoms with van der Waals surface area (Å²) >= 11 is 0. The summed E-state index contributed by atoms with van der Waals surface area (Å²) in [5.41, 5.74) is 3.47. The Balaban J connectivity index is 1.93. The first-order valence-electron chi connectivity index (χ1n) is 7.35. The van der Waals surface area contributed by atoms with Crippen LogP contribution in [-0.4, -0.2) is 20.7 Å². The van der Waals surface area contributed by atoms with Crippen LogP contribution in [0.25, 0.3) is 10.9 Å². The lowest BCUT2D eigenvalue weighted by molar-refractivity contribution is 0.0949. The quantitative estimate of drug-likeness (QED) is 0.774. The molecule has 0 fully saturated rings. The SMILES string of the molecule is Cc1cc(C)c2[nH]cc(C(=O)NCc3ccnn3C)c(=O)c2c1. The van der Waals surface area contributed by atoms with Gasteiger partial charge in [-0.15, -0.1) is 0 Å². The van der Waals surface area contributed by atoms with Crippen molar-refractivity contribution in [3.8, 4) is 0 Å². The Labute approximate surface area is 133 Å². The first-order valence-corrected chi connectivity index (χ1v) is 7.35. The highest BCUT2D eigenvalue weighted by Crippen LogP contribution is 2.15. The number of nitrogens with one attached hydrogen (secondary N) is 2. The molecular weight excluding hydrogens is 292 g/mol. The molecule has 0 bridgehead atoms. The van der Waals surface area contributed by atoms with Gasteiger partial charge in [0, 0.05) is 24.8 Å². The number of benzene rings is 1. The van der Waals surface area contributed by atoms with Crippen LogP contribution in [0.1, 0.15) is 27.2 Å². The van der Waals surface area contributed by atoms with Gasteiger partial charge in [-0.2, -0.15) is 5.10 Å². The molecule has 1 amide bonds. The highest BCUT2D eigenvalue weighted by atomic mass is 16.2. The number of rotatable bonds is 3. The summed E-state index contributed by atoms with van der Waals surface area (Å²) in [6.45, 7) is 4.19. The van der Waals surface area contributed by atoms with E-state index < -0.39 is 5.91 Å². The van der Waals surface area contributed by atoms with Crippen LogP contribution in [0.3, 0.4) is 0 Å². The second-order valence-corrected chi connectivity index (χ2v) is 5.66. The molecule has 0 aliphatic heterocycles. The monoisotopic (exact) mass is 310 g/mol. The maximum Gasteiger partial charge on any atom is 0.257 e. The topological polar surface area (TPSA) is 79.8 Å². The highest BCUT2D eigenvalue weighted by Gasteiger charge is 2.14. The zero-order valence-electron chi connectivity index (χ0n) is 13.3. The molecule has 118 valence electrons. The maximum absolute atomic E-state index is 12.6. The Morgan fingerprint density at radius 1 is 1.35 bits per heavy atom. The maximum atomic E-state index is 12.6. The van der Waals surface area contributed by atoms with Crippen LogP contribution in [0.5, 0.6) is 0 Å². The highest BCUT2D eigenvalue weighted by molar-refractivity contribution is 5.97. The van der Waals surface area contributed by atoms with Crippen LogP contribution in [-0.2, 0) is 13.6 Å². The number of carbonyl (C=O) groups is 1. The molecule has 0 saturated heterocycles. The summed E-state index contributed by atoms with van der Waals surface area (Å²) in [4.78, 5) is 28.0. The lowest BCUT2D eigenvalue weighted by Crippen LogP contribution is -2.29. The van der Waals surface area contributed by atoms with E-state index in [9.17, 15) is 9.59 Å². The van der Waals surface area contributed by atoms with Crippen LogP contribution >= 0.6 is 0 Å². The van der Waals surface area contributed by atoms with Crippen LogP contribution in [0.15, 0.2) is 35.4 Å². The molecule has 23 heavy (non-hydrogen) atoms. The summed E-state index contributed by atoms with van der Waals surface area (Å²) in [7, 11) is 1.80. The van der Waals surface area contributed by atoms with Crippen molar-refractivity contribution in [1.82, 2.24) is 20.1 Å². The van der Waals surface area contributed by atoms with Crippen molar-refractivity contribution in [3.63, 3.8) is 0 Å². The van der Waals surface area contributed by atoms with Gasteiger partial charge in [-0.3, -0.25) is 14.3 Å². The van der Waals surface area contributed by atoms with Gasteiger partial charge in [-0.25, -0.2) is 0 Å². The van der Waals surface area contributed by atoms with Crippen molar-refractivity contribution in [2.24, 2.45) is 7.05 Å². The van der Waals surface area contributed by atoms with Gasteiger partial charge in [0.1, 0.15) is 5.56 Å². The third-order valence-corrected chi connectivity index (χ3v) is 3.93. The number of hydrogen-bond acceptors (Lipinski definition) is 3. The smallest absolute Gasteiger partial charge is 0.257 e. The van der Waals surface area contributed by atoms with Crippen LogP contribution in [0.4, 0.5) is 0 Å². The minimum atomic E-state index is -0.395. The van der Waals surface area contributed by atoms with Crippen molar-refractivity contribution in [3.05, 3.63) is 63.2 Å². The van der Waals surface area contributed by atoms with Crippen LogP contribution in [0, 0.1) is 13.8 Å². The summed E-state index contributed by atoms with van der Waals surface area (Å²) in [5.74, 6) is -0.395. The molecule has 6 nitrogen and oxygen atoms in total. The molecule has 0 aliphatic carbocycles. The van der Waals surface area contributed by atoms with E-state index in [0.717, 1.165) is 22.3 Å². The molecule has 0 aliphatic rings. The third kappa shape index (κ3) is 2.75. The number of pyridine rings is 1. The lowest BCUT2D eigenvalue weighted by Gasteiger charge is -2.08. The van der Waals surface area contributed by atoms with Crippen molar-refractivity contribution >= 4 is 16.8 Å². The second-order valence-electron chi connectivity index (χ2n) is 5.66. The van der Waals surface area contributed by atoms with Crippen molar-refractivity contribution in [2.45, 2.75) is 20.4 Å². The van der Waals surface area contributed by atoms with Crippen LogP contribution < -0.4 is 10.7 Å². The van der Waals surface area contributed by atoms with E-state index in [-0.39, 0.29) is 11.0 Å².